The van der Waals surface area contributed by atoms with Crippen molar-refractivity contribution in [3.8, 4) is 0 Å². The summed E-state index contributed by atoms with van der Waals surface area (Å²) in [6, 6.07) is 1.48. The van der Waals surface area contributed by atoms with Gasteiger partial charge in [0.2, 0.25) is 0 Å². The Bertz CT molecular complexity index is 502. The van der Waals surface area contributed by atoms with Crippen LogP contribution in [-0.2, 0) is 4.74 Å². The van der Waals surface area contributed by atoms with E-state index in [2.05, 4.69) is 5.32 Å². The van der Waals surface area contributed by atoms with Gasteiger partial charge in [0.05, 0.1) is 12.2 Å². The lowest BCUT2D eigenvalue weighted by Gasteiger charge is -2.20. The summed E-state index contributed by atoms with van der Waals surface area (Å²) in [4.78, 5) is 11.8. The lowest BCUT2D eigenvalue weighted by Crippen LogP contribution is -2.43. The molecule has 1 amide bonds. The number of nitrogens with two attached hydrogens (primary N) is 1. The third-order valence-electron chi connectivity index (χ3n) is 3.00. The van der Waals surface area contributed by atoms with Crippen molar-refractivity contribution in [3.05, 3.63) is 29.3 Å². The average Bonchev–Trinajstić information content (AvgIpc) is 2.78. The zero-order valence-electron chi connectivity index (χ0n) is 10.1. The number of rotatable bonds is 3. The molecule has 19 heavy (non-hydrogen) atoms. The Kier molecular flexibility index (Phi) is 3.68. The summed E-state index contributed by atoms with van der Waals surface area (Å²) < 4.78 is 30.9. The third kappa shape index (κ3) is 2.99. The van der Waals surface area contributed by atoms with Crippen LogP contribution in [0.25, 0.3) is 0 Å². The van der Waals surface area contributed by atoms with Crippen molar-refractivity contribution in [2.75, 3.05) is 25.5 Å². The Morgan fingerprint density at radius 3 is 2.79 bits per heavy atom. The molecule has 7 heteroatoms. The van der Waals surface area contributed by atoms with E-state index in [4.69, 9.17) is 10.5 Å². The number of nitrogen functional groups attached to an aromatic ring is 1. The maximum Gasteiger partial charge on any atom is 0.253 e. The zero-order valence-corrected chi connectivity index (χ0v) is 10.1. The Labute approximate surface area is 108 Å². The summed E-state index contributed by atoms with van der Waals surface area (Å²) >= 11 is 0. The van der Waals surface area contributed by atoms with Crippen LogP contribution in [0.4, 0.5) is 14.5 Å². The molecule has 1 aromatic carbocycles. The van der Waals surface area contributed by atoms with Gasteiger partial charge in [0.15, 0.2) is 11.6 Å². The van der Waals surface area contributed by atoms with Gasteiger partial charge in [0, 0.05) is 31.3 Å². The molecule has 0 saturated carbocycles. The molecule has 0 bridgehead atoms. The number of nitrogens with one attached hydrogen (secondary N) is 1. The monoisotopic (exact) mass is 272 g/mol. The molecule has 1 aromatic rings. The first-order valence-corrected chi connectivity index (χ1v) is 5.74. The number of carbonyl (C=O) groups is 1. The molecule has 1 atom stereocenters. The summed E-state index contributed by atoms with van der Waals surface area (Å²) in [7, 11) is 0. The third-order valence-corrected chi connectivity index (χ3v) is 3.00. The minimum absolute atomic E-state index is 0.0374. The van der Waals surface area contributed by atoms with Crippen molar-refractivity contribution in [3.63, 3.8) is 0 Å². The van der Waals surface area contributed by atoms with E-state index in [1.54, 1.807) is 0 Å². The van der Waals surface area contributed by atoms with Gasteiger partial charge in [-0.1, -0.05) is 0 Å². The highest BCUT2D eigenvalue weighted by Crippen LogP contribution is 2.19. The van der Waals surface area contributed by atoms with Crippen molar-refractivity contribution in [1.29, 1.82) is 0 Å². The van der Waals surface area contributed by atoms with Crippen molar-refractivity contribution >= 4 is 11.6 Å². The fourth-order valence-electron chi connectivity index (χ4n) is 1.83. The first-order chi connectivity index (χ1) is 8.91. The highest BCUT2D eigenvalue weighted by Gasteiger charge is 2.32. The Morgan fingerprint density at radius 2 is 2.16 bits per heavy atom. The normalized spacial score (nSPS) is 22.5. The zero-order chi connectivity index (χ0) is 14.0. The van der Waals surface area contributed by atoms with Crippen molar-refractivity contribution in [2.24, 2.45) is 0 Å². The molecule has 5 nitrogen and oxygen atoms in total. The van der Waals surface area contributed by atoms with E-state index >= 15 is 0 Å². The molecule has 0 aromatic heterocycles. The Morgan fingerprint density at radius 1 is 1.47 bits per heavy atom. The van der Waals surface area contributed by atoms with E-state index in [1.165, 1.54) is 0 Å². The van der Waals surface area contributed by atoms with E-state index in [1.807, 2.05) is 0 Å². The molecule has 2 rings (SSSR count). The van der Waals surface area contributed by atoms with Gasteiger partial charge in [0.1, 0.15) is 5.60 Å². The van der Waals surface area contributed by atoms with Crippen molar-refractivity contribution in [2.45, 2.75) is 12.0 Å². The maximum absolute atomic E-state index is 13.1. The number of amides is 1. The largest absolute Gasteiger partial charge is 0.398 e. The lowest BCUT2D eigenvalue weighted by molar-refractivity contribution is 0.0264. The van der Waals surface area contributed by atoms with Crippen LogP contribution in [0.3, 0.4) is 0 Å². The van der Waals surface area contributed by atoms with Gasteiger partial charge in [0.25, 0.3) is 5.91 Å². The van der Waals surface area contributed by atoms with Crippen molar-refractivity contribution < 1.29 is 23.4 Å². The minimum atomic E-state index is -1.15. The first-order valence-electron chi connectivity index (χ1n) is 5.74. The molecule has 1 saturated heterocycles. The van der Waals surface area contributed by atoms with Crippen molar-refractivity contribution in [1.82, 2.24) is 5.32 Å². The van der Waals surface area contributed by atoms with Gasteiger partial charge >= 0.3 is 0 Å². The molecular formula is C12H14F2N2O3. The molecule has 4 N–H and O–H groups in total. The van der Waals surface area contributed by atoms with Gasteiger partial charge in [-0.3, -0.25) is 4.79 Å². The number of benzene rings is 1. The van der Waals surface area contributed by atoms with E-state index in [9.17, 15) is 18.7 Å². The number of ether oxygens (including phenoxy) is 1. The quantitative estimate of drug-likeness (QED) is 0.697. The predicted molar refractivity (Wildman–Crippen MR) is 63.5 cm³/mol. The second kappa shape index (κ2) is 5.10. The van der Waals surface area contributed by atoms with Crippen LogP contribution in [-0.4, -0.2) is 36.4 Å². The van der Waals surface area contributed by atoms with Crippen LogP contribution in [0, 0.1) is 11.6 Å². The molecule has 104 valence electrons. The number of anilines is 1. The second-order valence-electron chi connectivity index (χ2n) is 4.56. The highest BCUT2D eigenvalue weighted by molar-refractivity contribution is 5.99. The summed E-state index contributed by atoms with van der Waals surface area (Å²) in [6.07, 6.45) is 0.403. The van der Waals surface area contributed by atoms with Crippen LogP contribution >= 0.6 is 0 Å². The fraction of sp³-hybridized carbons (Fsp3) is 0.417. The molecule has 1 fully saturated rings. The molecule has 1 heterocycles. The second-order valence-corrected chi connectivity index (χ2v) is 4.56. The fourth-order valence-corrected chi connectivity index (χ4v) is 1.83. The van der Waals surface area contributed by atoms with E-state index in [-0.39, 0.29) is 24.4 Å². The maximum atomic E-state index is 13.1. The number of aliphatic hydroxyl groups is 1. The molecule has 0 aliphatic carbocycles. The SMILES string of the molecule is Nc1cc(F)c(F)cc1C(=O)NCC1(O)CCOC1. The molecule has 1 aliphatic heterocycles. The summed E-state index contributed by atoms with van der Waals surface area (Å²) in [5.41, 5.74) is 4.00. The Hall–Kier alpha value is -1.73. The molecule has 1 aliphatic rings. The summed E-state index contributed by atoms with van der Waals surface area (Å²) in [5, 5.41) is 12.4. The molecule has 0 radical (unpaired) electrons. The predicted octanol–water partition coefficient (Wildman–Crippen LogP) is 0.428. The highest BCUT2D eigenvalue weighted by atomic mass is 19.2. The number of halogens is 2. The van der Waals surface area contributed by atoms with Gasteiger partial charge < -0.3 is 20.9 Å². The average molecular weight is 272 g/mol. The van der Waals surface area contributed by atoms with Gasteiger partial charge in [-0.15, -0.1) is 0 Å². The van der Waals surface area contributed by atoms with Gasteiger partial charge in [-0.05, 0) is 6.07 Å². The van der Waals surface area contributed by atoms with Crippen LogP contribution in [0.2, 0.25) is 0 Å². The summed E-state index contributed by atoms with van der Waals surface area (Å²) in [5.74, 6) is -2.93. The molecular weight excluding hydrogens is 258 g/mol. The first kappa shape index (κ1) is 13.7. The van der Waals surface area contributed by atoms with Crippen LogP contribution in [0.5, 0.6) is 0 Å². The molecule has 1 unspecified atom stereocenters. The number of hydrogen-bond donors (Lipinski definition) is 3. The number of hydrogen-bond acceptors (Lipinski definition) is 4. The minimum Gasteiger partial charge on any atom is -0.398 e. The van der Waals surface area contributed by atoms with Crippen LogP contribution in [0.15, 0.2) is 12.1 Å². The van der Waals surface area contributed by atoms with Gasteiger partial charge in [-0.2, -0.15) is 0 Å². The van der Waals surface area contributed by atoms with E-state index in [0.29, 0.717) is 13.0 Å². The van der Waals surface area contributed by atoms with Crippen LogP contribution < -0.4 is 11.1 Å². The van der Waals surface area contributed by atoms with Crippen LogP contribution in [0.1, 0.15) is 16.8 Å². The topological polar surface area (TPSA) is 84.6 Å². The lowest BCUT2D eigenvalue weighted by atomic mass is 10.0. The summed E-state index contributed by atoms with van der Waals surface area (Å²) in [6.45, 7) is 0.504. The van der Waals surface area contributed by atoms with E-state index < -0.39 is 23.1 Å². The van der Waals surface area contributed by atoms with E-state index in [0.717, 1.165) is 12.1 Å². The smallest absolute Gasteiger partial charge is 0.253 e. The molecule has 0 spiro atoms. The van der Waals surface area contributed by atoms with Gasteiger partial charge in [-0.25, -0.2) is 8.78 Å². The standard InChI is InChI=1S/C12H14F2N2O3/c13-8-3-7(10(15)4-9(8)14)11(17)16-5-12(18)1-2-19-6-12/h3-4,18H,1-2,5-6,15H2,(H,16,17). The Balaban J connectivity index is 2.06. The number of carbonyl (C=O) groups excluding carboxylic acids is 1.